The molecule has 0 aliphatic heterocycles. The lowest BCUT2D eigenvalue weighted by atomic mass is 9.99. The minimum atomic E-state index is 0.639. The highest BCUT2D eigenvalue weighted by Gasteiger charge is 2.02. The van der Waals surface area contributed by atoms with Gasteiger partial charge in [-0.1, -0.05) is 38.8 Å². The Morgan fingerprint density at radius 3 is 2.33 bits per heavy atom. The van der Waals surface area contributed by atoms with Gasteiger partial charge in [0.25, 0.3) is 0 Å². The Morgan fingerprint density at radius 1 is 1.06 bits per heavy atom. The molecule has 1 aromatic rings. The topological polar surface area (TPSA) is 9.23 Å². The number of hydrogen-bond donors (Lipinski definition) is 1. The van der Waals surface area contributed by atoms with Gasteiger partial charge in [0.2, 0.25) is 0 Å². The van der Waals surface area contributed by atoms with Gasteiger partial charge in [-0.15, -0.1) is 0 Å². The summed E-state index contributed by atoms with van der Waals surface area (Å²) in [7, 11) is 0. The molecule has 0 saturated heterocycles. The van der Waals surface area contributed by atoms with E-state index in [1.807, 2.05) is 0 Å². The summed E-state index contributed by atoms with van der Waals surface area (Å²) in [4.78, 5) is 0. The Morgan fingerprint density at radius 2 is 1.72 bits per heavy atom. The summed E-state index contributed by atoms with van der Waals surface area (Å²) in [5, 5.41) is 0. The van der Waals surface area contributed by atoms with E-state index in [1.54, 1.807) is 0 Å². The number of hydrogen-bond acceptors (Lipinski definition) is 2. The molecule has 0 amide bonds. The Balaban J connectivity index is 2.22. The molecule has 102 valence electrons. The van der Waals surface area contributed by atoms with Gasteiger partial charge in [-0.2, -0.15) is 12.6 Å². The van der Waals surface area contributed by atoms with Crippen LogP contribution >= 0.6 is 12.6 Å². The molecule has 18 heavy (non-hydrogen) atoms. The van der Waals surface area contributed by atoms with Crippen molar-refractivity contribution in [2.75, 3.05) is 12.4 Å². The maximum Gasteiger partial charge on any atom is 0.119 e. The third-order valence-corrected chi connectivity index (χ3v) is 3.70. The molecule has 0 aromatic heterocycles. The van der Waals surface area contributed by atoms with Crippen molar-refractivity contribution in [2.24, 2.45) is 0 Å². The second kappa shape index (κ2) is 9.32. The quantitative estimate of drug-likeness (QED) is 0.485. The molecule has 0 N–H and O–H groups in total. The van der Waals surface area contributed by atoms with Crippen LogP contribution in [0.15, 0.2) is 24.3 Å². The van der Waals surface area contributed by atoms with Crippen molar-refractivity contribution in [2.45, 2.75) is 51.9 Å². The molecule has 1 aromatic carbocycles. The fourth-order valence-corrected chi connectivity index (χ4v) is 2.11. The SMILES string of the molecule is CCC(C)c1ccc(OCCCCCCS)cc1. The average molecular weight is 266 g/mol. The summed E-state index contributed by atoms with van der Waals surface area (Å²) >= 11 is 4.21. The van der Waals surface area contributed by atoms with E-state index in [0.29, 0.717) is 5.92 Å². The predicted molar refractivity (Wildman–Crippen MR) is 83.0 cm³/mol. The zero-order chi connectivity index (χ0) is 13.2. The van der Waals surface area contributed by atoms with Crippen molar-refractivity contribution in [3.8, 4) is 5.75 Å². The number of benzene rings is 1. The van der Waals surface area contributed by atoms with Crippen LogP contribution in [0.2, 0.25) is 0 Å². The Bertz CT molecular complexity index is 307. The van der Waals surface area contributed by atoms with Gasteiger partial charge in [0.1, 0.15) is 5.75 Å². The molecular weight excluding hydrogens is 240 g/mol. The molecule has 0 saturated carbocycles. The second-order valence-electron chi connectivity index (χ2n) is 4.86. The van der Waals surface area contributed by atoms with Crippen molar-refractivity contribution < 1.29 is 4.74 Å². The normalized spacial score (nSPS) is 12.4. The lowest BCUT2D eigenvalue weighted by molar-refractivity contribution is 0.305. The monoisotopic (exact) mass is 266 g/mol. The molecule has 0 radical (unpaired) electrons. The van der Waals surface area contributed by atoms with Gasteiger partial charge in [-0.3, -0.25) is 0 Å². The van der Waals surface area contributed by atoms with Gasteiger partial charge in [0, 0.05) is 0 Å². The van der Waals surface area contributed by atoms with E-state index in [9.17, 15) is 0 Å². The minimum Gasteiger partial charge on any atom is -0.494 e. The van der Waals surface area contributed by atoms with Crippen LogP contribution < -0.4 is 4.74 Å². The summed E-state index contributed by atoms with van der Waals surface area (Å²) in [5.41, 5.74) is 1.40. The summed E-state index contributed by atoms with van der Waals surface area (Å²) in [5.74, 6) is 2.63. The summed E-state index contributed by atoms with van der Waals surface area (Å²) in [6.45, 7) is 5.31. The number of thiol groups is 1. The van der Waals surface area contributed by atoms with E-state index < -0.39 is 0 Å². The molecule has 1 rings (SSSR count). The zero-order valence-electron chi connectivity index (χ0n) is 11.7. The fourth-order valence-electron chi connectivity index (χ4n) is 1.89. The van der Waals surface area contributed by atoms with Crippen LogP contribution in [0.4, 0.5) is 0 Å². The molecular formula is C16H26OS. The standard InChI is InChI=1S/C16H26OS/c1-3-14(2)15-8-10-16(11-9-15)17-12-6-4-5-7-13-18/h8-11,14,18H,3-7,12-13H2,1-2H3. The third-order valence-electron chi connectivity index (χ3n) is 3.38. The first kappa shape index (κ1) is 15.4. The fraction of sp³-hybridized carbons (Fsp3) is 0.625. The lowest BCUT2D eigenvalue weighted by Gasteiger charge is -2.10. The number of unbranched alkanes of at least 4 members (excludes halogenated alkanes) is 3. The summed E-state index contributed by atoms with van der Waals surface area (Å²) in [6, 6.07) is 8.55. The Labute approximate surface area is 117 Å². The highest BCUT2D eigenvalue weighted by molar-refractivity contribution is 7.80. The van der Waals surface area contributed by atoms with Crippen molar-refractivity contribution in [3.05, 3.63) is 29.8 Å². The molecule has 2 heteroatoms. The molecule has 0 aliphatic carbocycles. The lowest BCUT2D eigenvalue weighted by Crippen LogP contribution is -1.98. The largest absolute Gasteiger partial charge is 0.494 e. The molecule has 1 unspecified atom stereocenters. The average Bonchev–Trinajstić information content (AvgIpc) is 2.42. The molecule has 0 heterocycles. The Hall–Kier alpha value is -0.630. The first-order chi connectivity index (χ1) is 8.77. The molecule has 0 fully saturated rings. The van der Waals surface area contributed by atoms with Crippen LogP contribution in [0.25, 0.3) is 0 Å². The predicted octanol–water partition coefficient (Wildman–Crippen LogP) is 5.07. The van der Waals surface area contributed by atoms with Gasteiger partial charge < -0.3 is 4.74 Å². The molecule has 0 aliphatic rings. The van der Waals surface area contributed by atoms with Crippen LogP contribution in [0, 0.1) is 0 Å². The Kier molecular flexibility index (Phi) is 7.99. The maximum atomic E-state index is 5.74. The van der Waals surface area contributed by atoms with E-state index in [-0.39, 0.29) is 0 Å². The van der Waals surface area contributed by atoms with Crippen LogP contribution in [-0.4, -0.2) is 12.4 Å². The van der Waals surface area contributed by atoms with E-state index in [2.05, 4.69) is 50.7 Å². The van der Waals surface area contributed by atoms with Gasteiger partial charge >= 0.3 is 0 Å². The molecule has 0 bridgehead atoms. The van der Waals surface area contributed by atoms with Crippen molar-refractivity contribution >= 4 is 12.6 Å². The van der Waals surface area contributed by atoms with Crippen molar-refractivity contribution in [3.63, 3.8) is 0 Å². The highest BCUT2D eigenvalue weighted by Crippen LogP contribution is 2.21. The molecule has 1 nitrogen and oxygen atoms in total. The first-order valence-corrected chi connectivity index (χ1v) is 7.74. The van der Waals surface area contributed by atoms with Crippen LogP contribution in [0.5, 0.6) is 5.75 Å². The summed E-state index contributed by atoms with van der Waals surface area (Å²) < 4.78 is 5.74. The van der Waals surface area contributed by atoms with Crippen molar-refractivity contribution in [1.29, 1.82) is 0 Å². The molecule has 0 spiro atoms. The third kappa shape index (κ3) is 5.81. The first-order valence-electron chi connectivity index (χ1n) is 7.11. The van der Waals surface area contributed by atoms with Gasteiger partial charge in [-0.05, 0) is 48.6 Å². The maximum absolute atomic E-state index is 5.74. The summed E-state index contributed by atoms with van der Waals surface area (Å²) in [6.07, 6.45) is 6.05. The number of ether oxygens (including phenoxy) is 1. The van der Waals surface area contributed by atoms with Crippen LogP contribution in [-0.2, 0) is 0 Å². The minimum absolute atomic E-state index is 0.639. The van der Waals surface area contributed by atoms with E-state index in [1.165, 1.54) is 31.2 Å². The molecule has 1 atom stereocenters. The van der Waals surface area contributed by atoms with Gasteiger partial charge in [-0.25, -0.2) is 0 Å². The zero-order valence-corrected chi connectivity index (χ0v) is 12.6. The second-order valence-corrected chi connectivity index (χ2v) is 5.31. The van der Waals surface area contributed by atoms with Crippen LogP contribution in [0.1, 0.15) is 57.4 Å². The van der Waals surface area contributed by atoms with E-state index in [0.717, 1.165) is 24.5 Å². The highest BCUT2D eigenvalue weighted by atomic mass is 32.1. The van der Waals surface area contributed by atoms with Crippen molar-refractivity contribution in [1.82, 2.24) is 0 Å². The van der Waals surface area contributed by atoms with E-state index in [4.69, 9.17) is 4.74 Å². The van der Waals surface area contributed by atoms with Gasteiger partial charge in [0.05, 0.1) is 6.61 Å². The number of rotatable bonds is 9. The van der Waals surface area contributed by atoms with Gasteiger partial charge in [0.15, 0.2) is 0 Å². The smallest absolute Gasteiger partial charge is 0.119 e. The van der Waals surface area contributed by atoms with E-state index >= 15 is 0 Å². The van der Waals surface area contributed by atoms with Crippen LogP contribution in [0.3, 0.4) is 0 Å².